The van der Waals surface area contributed by atoms with Gasteiger partial charge in [0.1, 0.15) is 5.75 Å². The molecule has 0 aliphatic carbocycles. The standard InChI is InChI=1S/C23H30O4Si/c1-6-16-23(2,28(4,5)20-10-8-7-9-11-20)21(22(24)25)27-17-18-12-14-19(26-3)15-13-18/h6-16,21H,17H2,1-5H3,(H,24,25)/b16-6+/t21-,23+/m1/s1. The Kier molecular flexibility index (Phi) is 7.21. The molecule has 2 rings (SSSR count). The Balaban J connectivity index is 2.36. The first-order valence-corrected chi connectivity index (χ1v) is 12.4. The van der Waals surface area contributed by atoms with E-state index in [0.29, 0.717) is 0 Å². The summed E-state index contributed by atoms with van der Waals surface area (Å²) in [7, 11) is -0.630. The summed E-state index contributed by atoms with van der Waals surface area (Å²) in [6.45, 7) is 8.58. The van der Waals surface area contributed by atoms with Crippen LogP contribution in [-0.4, -0.2) is 32.4 Å². The maximum Gasteiger partial charge on any atom is 0.333 e. The quantitative estimate of drug-likeness (QED) is 0.495. The molecule has 0 fully saturated rings. The van der Waals surface area contributed by atoms with Crippen LogP contribution in [0.3, 0.4) is 0 Å². The first kappa shape index (κ1) is 21.9. The monoisotopic (exact) mass is 398 g/mol. The number of carboxylic acids is 1. The minimum absolute atomic E-state index is 0.230. The normalized spacial score (nSPS) is 15.2. The van der Waals surface area contributed by atoms with Gasteiger partial charge in [0.15, 0.2) is 6.10 Å². The van der Waals surface area contributed by atoms with E-state index in [9.17, 15) is 9.90 Å². The van der Waals surface area contributed by atoms with E-state index >= 15 is 0 Å². The van der Waals surface area contributed by atoms with Crippen LogP contribution in [0.15, 0.2) is 66.7 Å². The number of aliphatic carboxylic acids is 1. The average Bonchev–Trinajstić information content (AvgIpc) is 2.69. The summed E-state index contributed by atoms with van der Waals surface area (Å²) in [6, 6.07) is 17.7. The zero-order valence-corrected chi connectivity index (χ0v) is 18.3. The first-order valence-electron chi connectivity index (χ1n) is 9.43. The van der Waals surface area contributed by atoms with Crippen molar-refractivity contribution in [2.45, 2.75) is 44.7 Å². The third-order valence-corrected chi connectivity index (χ3v) is 10.6. The molecule has 28 heavy (non-hydrogen) atoms. The lowest BCUT2D eigenvalue weighted by atomic mass is 10.0. The molecule has 0 aliphatic rings. The number of carboxylic acid groups (broad SMARTS) is 1. The predicted molar refractivity (Wildman–Crippen MR) is 116 cm³/mol. The van der Waals surface area contributed by atoms with Crippen molar-refractivity contribution in [3.8, 4) is 5.75 Å². The number of hydrogen-bond donors (Lipinski definition) is 1. The Morgan fingerprint density at radius 3 is 2.25 bits per heavy atom. The van der Waals surface area contributed by atoms with E-state index in [2.05, 4.69) is 25.2 Å². The second kappa shape index (κ2) is 9.21. The summed E-state index contributed by atoms with van der Waals surface area (Å²) in [4.78, 5) is 12.3. The number of carbonyl (C=O) groups is 1. The van der Waals surface area contributed by atoms with Gasteiger partial charge in [-0.1, -0.05) is 79.8 Å². The number of ether oxygens (including phenoxy) is 2. The van der Waals surface area contributed by atoms with Gasteiger partial charge in [0.05, 0.1) is 21.8 Å². The Hall–Kier alpha value is -2.37. The van der Waals surface area contributed by atoms with Crippen molar-refractivity contribution >= 4 is 19.2 Å². The molecule has 0 saturated heterocycles. The maximum absolute atomic E-state index is 12.3. The van der Waals surface area contributed by atoms with Crippen LogP contribution in [0.5, 0.6) is 5.75 Å². The van der Waals surface area contributed by atoms with E-state index in [1.54, 1.807) is 7.11 Å². The van der Waals surface area contributed by atoms with E-state index in [-0.39, 0.29) is 6.61 Å². The molecule has 1 N–H and O–H groups in total. The summed E-state index contributed by atoms with van der Waals surface area (Å²) in [5.74, 6) is -0.180. The highest BCUT2D eigenvalue weighted by molar-refractivity contribution is 6.93. The fourth-order valence-electron chi connectivity index (χ4n) is 3.54. The topological polar surface area (TPSA) is 55.8 Å². The molecular formula is C23H30O4Si. The average molecular weight is 399 g/mol. The maximum atomic E-state index is 12.3. The molecule has 0 amide bonds. The molecule has 2 aromatic carbocycles. The molecule has 0 heterocycles. The van der Waals surface area contributed by atoms with Crippen LogP contribution in [0.4, 0.5) is 0 Å². The highest BCUT2D eigenvalue weighted by Crippen LogP contribution is 2.44. The number of rotatable bonds is 9. The van der Waals surface area contributed by atoms with Gasteiger partial charge in [-0.2, -0.15) is 0 Å². The van der Waals surface area contributed by atoms with Gasteiger partial charge >= 0.3 is 5.97 Å². The Bertz CT molecular complexity index is 799. The van der Waals surface area contributed by atoms with Gasteiger partial charge in [0, 0.05) is 5.04 Å². The Labute approximate surface area is 168 Å². The summed E-state index contributed by atoms with van der Waals surface area (Å²) in [6.07, 6.45) is 3.00. The predicted octanol–water partition coefficient (Wildman–Crippen LogP) is 4.62. The van der Waals surface area contributed by atoms with Crippen molar-refractivity contribution in [1.29, 1.82) is 0 Å². The molecule has 5 heteroatoms. The molecule has 0 spiro atoms. The van der Waals surface area contributed by atoms with Crippen LogP contribution in [0.1, 0.15) is 19.4 Å². The van der Waals surface area contributed by atoms with Crippen molar-refractivity contribution in [1.82, 2.24) is 0 Å². The zero-order chi connectivity index (χ0) is 20.8. The van der Waals surface area contributed by atoms with Crippen molar-refractivity contribution in [3.63, 3.8) is 0 Å². The van der Waals surface area contributed by atoms with Crippen LogP contribution in [0.2, 0.25) is 18.1 Å². The summed E-state index contributed by atoms with van der Waals surface area (Å²) >= 11 is 0. The van der Waals surface area contributed by atoms with E-state index in [4.69, 9.17) is 9.47 Å². The minimum atomic E-state index is -2.25. The highest BCUT2D eigenvalue weighted by Gasteiger charge is 2.51. The van der Waals surface area contributed by atoms with Gasteiger partial charge in [0.25, 0.3) is 0 Å². The Morgan fingerprint density at radius 2 is 1.75 bits per heavy atom. The molecule has 150 valence electrons. The SMILES string of the molecule is C/C=C/[C@@](C)([C@H](OCc1ccc(OC)cc1)C(=O)O)[Si](C)(C)c1ccccc1. The highest BCUT2D eigenvalue weighted by atomic mass is 28.3. The molecule has 0 saturated carbocycles. The van der Waals surface area contributed by atoms with Gasteiger partial charge in [-0.15, -0.1) is 0 Å². The smallest absolute Gasteiger partial charge is 0.333 e. The molecule has 0 aromatic heterocycles. The van der Waals surface area contributed by atoms with E-state index in [1.165, 1.54) is 5.19 Å². The van der Waals surface area contributed by atoms with Crippen molar-refractivity contribution in [2.75, 3.05) is 7.11 Å². The fraction of sp³-hybridized carbons (Fsp3) is 0.348. The minimum Gasteiger partial charge on any atom is -0.497 e. The largest absolute Gasteiger partial charge is 0.497 e. The van der Waals surface area contributed by atoms with Gasteiger partial charge in [-0.25, -0.2) is 4.79 Å². The van der Waals surface area contributed by atoms with Gasteiger partial charge in [-0.3, -0.25) is 0 Å². The lowest BCUT2D eigenvalue weighted by Crippen LogP contribution is -2.57. The molecule has 0 unspecified atom stereocenters. The van der Waals surface area contributed by atoms with Crippen LogP contribution < -0.4 is 9.92 Å². The van der Waals surface area contributed by atoms with Gasteiger partial charge in [-0.05, 0) is 24.6 Å². The lowest BCUT2D eigenvalue weighted by Gasteiger charge is -2.44. The fourth-order valence-corrected chi connectivity index (χ4v) is 6.63. The summed E-state index contributed by atoms with van der Waals surface area (Å²) in [5.41, 5.74) is 0.911. The summed E-state index contributed by atoms with van der Waals surface area (Å²) in [5, 5.41) is 10.6. The van der Waals surface area contributed by atoms with Gasteiger partial charge < -0.3 is 14.6 Å². The Morgan fingerprint density at radius 1 is 1.14 bits per heavy atom. The number of benzene rings is 2. The van der Waals surface area contributed by atoms with Crippen LogP contribution in [0.25, 0.3) is 0 Å². The second-order valence-electron chi connectivity index (χ2n) is 7.65. The molecule has 0 aliphatic heterocycles. The molecule has 4 nitrogen and oxygen atoms in total. The molecule has 2 atom stereocenters. The molecule has 0 bridgehead atoms. The third-order valence-electron chi connectivity index (χ3n) is 5.70. The molecule has 0 radical (unpaired) electrons. The number of hydrogen-bond acceptors (Lipinski definition) is 3. The van der Waals surface area contributed by atoms with E-state index in [0.717, 1.165) is 11.3 Å². The number of methoxy groups -OCH3 is 1. The molecule has 2 aromatic rings. The van der Waals surface area contributed by atoms with Crippen molar-refractivity contribution in [2.24, 2.45) is 0 Å². The van der Waals surface area contributed by atoms with Crippen molar-refractivity contribution < 1.29 is 19.4 Å². The van der Waals surface area contributed by atoms with Crippen LogP contribution in [0, 0.1) is 0 Å². The van der Waals surface area contributed by atoms with Crippen LogP contribution >= 0.6 is 0 Å². The lowest BCUT2D eigenvalue weighted by molar-refractivity contribution is -0.153. The van der Waals surface area contributed by atoms with Gasteiger partial charge in [0.2, 0.25) is 0 Å². The van der Waals surface area contributed by atoms with E-state index in [1.807, 2.05) is 68.5 Å². The van der Waals surface area contributed by atoms with Crippen LogP contribution in [-0.2, 0) is 16.1 Å². The number of allylic oxidation sites excluding steroid dienone is 1. The third kappa shape index (κ3) is 4.54. The van der Waals surface area contributed by atoms with E-state index < -0.39 is 25.2 Å². The summed E-state index contributed by atoms with van der Waals surface area (Å²) < 4.78 is 11.2. The van der Waals surface area contributed by atoms with Crippen molar-refractivity contribution in [3.05, 3.63) is 72.3 Å². The zero-order valence-electron chi connectivity index (χ0n) is 17.3. The molecular weight excluding hydrogens is 368 g/mol. The first-order chi connectivity index (χ1) is 13.3. The second-order valence-corrected chi connectivity index (χ2v) is 12.6.